The number of hydrogen-bond donors (Lipinski definition) is 1. The second kappa shape index (κ2) is 9.02. The van der Waals surface area contributed by atoms with Gasteiger partial charge in [0.1, 0.15) is 5.56 Å². The Morgan fingerprint density at radius 1 is 1.03 bits per heavy atom. The Balaban J connectivity index is 1.71. The number of carbonyl (C=O) groups is 1. The fraction of sp³-hybridized carbons (Fsp3) is 0.280. The molecular formula is C25H23F3N2O2. The van der Waals surface area contributed by atoms with Crippen molar-refractivity contribution in [3.63, 3.8) is 0 Å². The van der Waals surface area contributed by atoms with Gasteiger partial charge in [0.2, 0.25) is 0 Å². The maximum absolute atomic E-state index is 13.3. The summed E-state index contributed by atoms with van der Waals surface area (Å²) in [4.78, 5) is 26.1. The SMILES string of the molecule is O=C(NCCC1=CCCCC1)c1cc2ccccc2n(-c2cccc(C(F)(F)F)c2)c1=O. The topological polar surface area (TPSA) is 51.1 Å². The van der Waals surface area contributed by atoms with Gasteiger partial charge in [-0.15, -0.1) is 0 Å². The summed E-state index contributed by atoms with van der Waals surface area (Å²) in [7, 11) is 0. The first kappa shape index (κ1) is 21.9. The van der Waals surface area contributed by atoms with Crippen LogP contribution >= 0.6 is 0 Å². The van der Waals surface area contributed by atoms with Crippen molar-refractivity contribution in [1.82, 2.24) is 9.88 Å². The van der Waals surface area contributed by atoms with Gasteiger partial charge < -0.3 is 5.32 Å². The number of fused-ring (bicyclic) bond motifs is 1. The van der Waals surface area contributed by atoms with Crippen LogP contribution in [0.4, 0.5) is 13.2 Å². The van der Waals surface area contributed by atoms with Crippen LogP contribution in [0.3, 0.4) is 0 Å². The van der Waals surface area contributed by atoms with E-state index >= 15 is 0 Å². The van der Waals surface area contributed by atoms with E-state index in [9.17, 15) is 22.8 Å². The lowest BCUT2D eigenvalue weighted by Gasteiger charge is -2.15. The molecule has 2 aromatic carbocycles. The summed E-state index contributed by atoms with van der Waals surface area (Å²) < 4.78 is 40.9. The fourth-order valence-corrected chi connectivity index (χ4v) is 4.06. The average Bonchev–Trinajstić information content (AvgIpc) is 2.79. The third-order valence-corrected chi connectivity index (χ3v) is 5.70. The number of rotatable bonds is 5. The van der Waals surface area contributed by atoms with Gasteiger partial charge in [0.15, 0.2) is 0 Å². The highest BCUT2D eigenvalue weighted by molar-refractivity contribution is 5.97. The number of para-hydroxylation sites is 1. The second-order valence-corrected chi connectivity index (χ2v) is 7.92. The summed E-state index contributed by atoms with van der Waals surface area (Å²) in [5, 5.41) is 3.38. The third kappa shape index (κ3) is 4.61. The number of carbonyl (C=O) groups excluding carboxylic acids is 1. The third-order valence-electron chi connectivity index (χ3n) is 5.70. The number of halogens is 3. The van der Waals surface area contributed by atoms with Crippen LogP contribution in [0.1, 0.15) is 48.0 Å². The molecule has 32 heavy (non-hydrogen) atoms. The summed E-state index contributed by atoms with van der Waals surface area (Å²) in [5.41, 5.74) is 0.179. The Bertz CT molecular complexity index is 1240. The van der Waals surface area contributed by atoms with Gasteiger partial charge in [0, 0.05) is 12.2 Å². The van der Waals surface area contributed by atoms with Crippen LogP contribution in [-0.4, -0.2) is 17.0 Å². The zero-order chi connectivity index (χ0) is 22.7. The van der Waals surface area contributed by atoms with Crippen molar-refractivity contribution >= 4 is 16.8 Å². The molecule has 0 bridgehead atoms. The first-order chi connectivity index (χ1) is 15.3. The molecule has 4 rings (SSSR count). The molecule has 1 heterocycles. The second-order valence-electron chi connectivity index (χ2n) is 7.92. The number of nitrogens with one attached hydrogen (secondary N) is 1. The molecule has 1 aliphatic carbocycles. The normalized spacial score (nSPS) is 14.3. The van der Waals surface area contributed by atoms with Gasteiger partial charge in [-0.25, -0.2) is 0 Å². The van der Waals surface area contributed by atoms with Crippen molar-refractivity contribution in [2.45, 2.75) is 38.3 Å². The number of alkyl halides is 3. The predicted molar refractivity (Wildman–Crippen MR) is 118 cm³/mol. The minimum Gasteiger partial charge on any atom is -0.352 e. The van der Waals surface area contributed by atoms with E-state index in [0.29, 0.717) is 17.4 Å². The first-order valence-corrected chi connectivity index (χ1v) is 10.6. The van der Waals surface area contributed by atoms with Gasteiger partial charge in [-0.3, -0.25) is 14.2 Å². The molecule has 0 saturated heterocycles. The highest BCUT2D eigenvalue weighted by Crippen LogP contribution is 2.30. The molecule has 0 unspecified atom stereocenters. The molecule has 0 fully saturated rings. The zero-order valence-electron chi connectivity index (χ0n) is 17.4. The van der Waals surface area contributed by atoms with E-state index in [-0.39, 0.29) is 11.3 Å². The van der Waals surface area contributed by atoms with Gasteiger partial charge in [-0.2, -0.15) is 13.2 Å². The number of nitrogens with zero attached hydrogens (tertiary/aromatic N) is 1. The summed E-state index contributed by atoms with van der Waals surface area (Å²) in [6.45, 7) is 0.403. The van der Waals surface area contributed by atoms with Crippen molar-refractivity contribution in [2.75, 3.05) is 6.54 Å². The molecule has 1 aliphatic rings. The van der Waals surface area contributed by atoms with Gasteiger partial charge in [-0.1, -0.05) is 35.9 Å². The van der Waals surface area contributed by atoms with Crippen LogP contribution in [0, 0.1) is 0 Å². The smallest absolute Gasteiger partial charge is 0.352 e. The zero-order valence-corrected chi connectivity index (χ0v) is 17.4. The molecule has 0 saturated carbocycles. The van der Waals surface area contributed by atoms with E-state index in [1.807, 2.05) is 0 Å². The summed E-state index contributed by atoms with van der Waals surface area (Å²) in [6.07, 6.45) is 2.78. The first-order valence-electron chi connectivity index (χ1n) is 10.6. The van der Waals surface area contributed by atoms with E-state index in [0.717, 1.165) is 37.8 Å². The standard InChI is InChI=1S/C25H23F3N2O2/c26-25(27,28)19-10-6-11-20(16-19)30-22-12-5-4-9-18(22)15-21(24(30)32)23(31)29-14-13-17-7-2-1-3-8-17/h4-7,9-12,15-16H,1-3,8,13-14H2,(H,29,31). The number of pyridine rings is 1. The predicted octanol–water partition coefficient (Wildman–Crippen LogP) is 5.63. The van der Waals surface area contributed by atoms with Gasteiger partial charge in [-0.05, 0) is 67.8 Å². The van der Waals surface area contributed by atoms with Gasteiger partial charge >= 0.3 is 6.18 Å². The molecule has 1 amide bonds. The fourth-order valence-electron chi connectivity index (χ4n) is 4.06. The molecule has 0 atom stereocenters. The Labute approximate surface area is 183 Å². The monoisotopic (exact) mass is 440 g/mol. The summed E-state index contributed by atoms with van der Waals surface area (Å²) >= 11 is 0. The quantitative estimate of drug-likeness (QED) is 0.523. The average molecular weight is 440 g/mol. The number of allylic oxidation sites excluding steroid dienone is 1. The summed E-state index contributed by atoms with van der Waals surface area (Å²) in [6, 6.07) is 12.9. The maximum atomic E-state index is 13.3. The lowest BCUT2D eigenvalue weighted by Crippen LogP contribution is -2.33. The van der Waals surface area contributed by atoms with E-state index < -0.39 is 23.2 Å². The number of benzene rings is 2. The van der Waals surface area contributed by atoms with E-state index in [4.69, 9.17) is 0 Å². The van der Waals surface area contributed by atoms with Crippen LogP contribution in [-0.2, 0) is 6.18 Å². The Morgan fingerprint density at radius 2 is 1.84 bits per heavy atom. The van der Waals surface area contributed by atoms with Crippen LogP contribution in [0.25, 0.3) is 16.6 Å². The molecular weight excluding hydrogens is 417 g/mol. The van der Waals surface area contributed by atoms with E-state index in [1.165, 1.54) is 34.8 Å². The molecule has 3 aromatic rings. The maximum Gasteiger partial charge on any atom is 0.416 e. The number of amides is 1. The highest BCUT2D eigenvalue weighted by atomic mass is 19.4. The van der Waals surface area contributed by atoms with E-state index in [2.05, 4.69) is 11.4 Å². The lowest BCUT2D eigenvalue weighted by atomic mass is 9.97. The largest absolute Gasteiger partial charge is 0.416 e. The molecule has 0 radical (unpaired) electrons. The molecule has 166 valence electrons. The highest BCUT2D eigenvalue weighted by Gasteiger charge is 2.31. The van der Waals surface area contributed by atoms with Crippen molar-refractivity contribution in [3.8, 4) is 5.69 Å². The molecule has 7 heteroatoms. The minimum atomic E-state index is -4.54. The Morgan fingerprint density at radius 3 is 2.59 bits per heavy atom. The number of aromatic nitrogens is 1. The molecule has 1 N–H and O–H groups in total. The Hall–Kier alpha value is -3.35. The number of hydrogen-bond acceptors (Lipinski definition) is 2. The molecule has 0 aliphatic heterocycles. The van der Waals surface area contributed by atoms with Gasteiger partial charge in [0.25, 0.3) is 11.5 Å². The molecule has 4 nitrogen and oxygen atoms in total. The van der Waals surface area contributed by atoms with Crippen molar-refractivity contribution < 1.29 is 18.0 Å². The van der Waals surface area contributed by atoms with Crippen LogP contribution in [0.2, 0.25) is 0 Å². The van der Waals surface area contributed by atoms with Gasteiger partial charge in [0.05, 0.1) is 11.1 Å². The summed E-state index contributed by atoms with van der Waals surface area (Å²) in [5.74, 6) is -0.530. The van der Waals surface area contributed by atoms with Crippen LogP contribution in [0.15, 0.2) is 71.0 Å². The van der Waals surface area contributed by atoms with Crippen LogP contribution in [0.5, 0.6) is 0 Å². The molecule has 1 aromatic heterocycles. The lowest BCUT2D eigenvalue weighted by molar-refractivity contribution is -0.137. The van der Waals surface area contributed by atoms with Crippen molar-refractivity contribution in [3.05, 3.63) is 87.7 Å². The van der Waals surface area contributed by atoms with Crippen molar-refractivity contribution in [1.29, 1.82) is 0 Å². The van der Waals surface area contributed by atoms with Crippen molar-refractivity contribution in [2.24, 2.45) is 0 Å². The molecule has 0 spiro atoms. The van der Waals surface area contributed by atoms with E-state index in [1.54, 1.807) is 24.3 Å². The minimum absolute atomic E-state index is 0.0584. The van der Waals surface area contributed by atoms with Crippen LogP contribution < -0.4 is 10.9 Å². The Kier molecular flexibility index (Phi) is 6.17.